The van der Waals surface area contributed by atoms with Gasteiger partial charge >= 0.3 is 5.97 Å². The van der Waals surface area contributed by atoms with Gasteiger partial charge in [0.1, 0.15) is 10.7 Å². The Kier molecular flexibility index (Phi) is 6.33. The second-order valence-electron chi connectivity index (χ2n) is 6.22. The number of rotatable bonds is 7. The minimum Gasteiger partial charge on any atom is -0.493 e. The number of thiophene rings is 1. The van der Waals surface area contributed by atoms with Crippen LogP contribution in [-0.4, -0.2) is 32.2 Å². The molecule has 1 N–H and O–H groups in total. The summed E-state index contributed by atoms with van der Waals surface area (Å²) in [4.78, 5) is 24.9. The molecule has 1 heterocycles. The zero-order valence-electron chi connectivity index (χ0n) is 16.2. The molecule has 1 amide bonds. The zero-order valence-corrected chi connectivity index (χ0v) is 17.0. The van der Waals surface area contributed by atoms with Crippen molar-refractivity contribution in [3.63, 3.8) is 0 Å². The highest BCUT2D eigenvalue weighted by Gasteiger charge is 2.21. The van der Waals surface area contributed by atoms with Gasteiger partial charge < -0.3 is 19.5 Å². The van der Waals surface area contributed by atoms with E-state index < -0.39 is 23.8 Å². The van der Waals surface area contributed by atoms with Gasteiger partial charge in [0.05, 0.1) is 14.2 Å². The van der Waals surface area contributed by atoms with Gasteiger partial charge in [-0.1, -0.05) is 12.1 Å². The lowest BCUT2D eigenvalue weighted by atomic mass is 10.2. The first-order valence-electron chi connectivity index (χ1n) is 8.80. The average Bonchev–Trinajstić information content (AvgIpc) is 3.17. The van der Waals surface area contributed by atoms with Crippen LogP contribution in [0, 0.1) is 5.82 Å². The minimum absolute atomic E-state index is 0.231. The third kappa shape index (κ3) is 4.65. The molecule has 3 aromatic rings. The largest absolute Gasteiger partial charge is 0.493 e. The van der Waals surface area contributed by atoms with Crippen molar-refractivity contribution in [1.82, 2.24) is 5.32 Å². The van der Waals surface area contributed by atoms with E-state index in [1.165, 1.54) is 26.2 Å². The lowest BCUT2D eigenvalue weighted by Crippen LogP contribution is -2.35. The number of carbonyl (C=O) groups excluding carboxylic acids is 2. The van der Waals surface area contributed by atoms with Crippen molar-refractivity contribution in [1.29, 1.82) is 0 Å². The molecule has 0 unspecified atom stereocenters. The van der Waals surface area contributed by atoms with Crippen LogP contribution in [0.15, 0.2) is 42.5 Å². The summed E-state index contributed by atoms with van der Waals surface area (Å²) in [5, 5.41) is 3.07. The van der Waals surface area contributed by atoms with Crippen LogP contribution in [0.1, 0.15) is 22.2 Å². The first-order valence-corrected chi connectivity index (χ1v) is 9.62. The van der Waals surface area contributed by atoms with Gasteiger partial charge in [-0.3, -0.25) is 4.79 Å². The summed E-state index contributed by atoms with van der Waals surface area (Å²) < 4.78 is 30.1. The Morgan fingerprint density at radius 1 is 1.10 bits per heavy atom. The topological polar surface area (TPSA) is 73.9 Å². The number of fused-ring (bicyclic) bond motifs is 1. The van der Waals surface area contributed by atoms with Crippen LogP contribution in [0.4, 0.5) is 4.39 Å². The Morgan fingerprint density at radius 2 is 1.86 bits per heavy atom. The van der Waals surface area contributed by atoms with E-state index in [1.54, 1.807) is 37.4 Å². The first kappa shape index (κ1) is 20.6. The number of nitrogens with one attached hydrogen (secondary N) is 1. The van der Waals surface area contributed by atoms with Gasteiger partial charge in [0.2, 0.25) is 0 Å². The molecule has 0 aliphatic rings. The zero-order chi connectivity index (χ0) is 21.0. The van der Waals surface area contributed by atoms with Gasteiger partial charge in [-0.15, -0.1) is 11.3 Å². The van der Waals surface area contributed by atoms with Crippen molar-refractivity contribution in [2.75, 3.05) is 14.2 Å². The second-order valence-corrected chi connectivity index (χ2v) is 7.30. The highest BCUT2D eigenvalue weighted by molar-refractivity contribution is 7.20. The molecular weight excluding hydrogens is 397 g/mol. The standard InChI is InChI=1S/C21H20FNO5S/c1-12(20(24)23-11-13-7-8-16(26-2)17(9-13)27-3)28-21(25)19-10-14-15(22)5-4-6-18(14)29-19/h4-10,12H,11H2,1-3H3,(H,23,24)/t12-/m0/s1. The van der Waals surface area contributed by atoms with E-state index in [0.717, 1.165) is 16.9 Å². The molecule has 0 spiro atoms. The molecular formula is C21H20FNO5S. The van der Waals surface area contributed by atoms with Crippen LogP contribution in [0.3, 0.4) is 0 Å². The van der Waals surface area contributed by atoms with E-state index in [2.05, 4.69) is 5.32 Å². The molecule has 2 aromatic carbocycles. The van der Waals surface area contributed by atoms with E-state index in [0.29, 0.717) is 21.6 Å². The monoisotopic (exact) mass is 417 g/mol. The SMILES string of the molecule is COc1ccc(CNC(=O)[C@H](C)OC(=O)c2cc3c(F)cccc3s2)cc1OC. The summed E-state index contributed by atoms with van der Waals surface area (Å²) >= 11 is 1.12. The van der Waals surface area contributed by atoms with E-state index in [1.807, 2.05) is 0 Å². The van der Waals surface area contributed by atoms with Crippen LogP contribution in [0.25, 0.3) is 10.1 Å². The summed E-state index contributed by atoms with van der Waals surface area (Å²) in [5.41, 5.74) is 0.800. The Labute approximate surface area is 171 Å². The van der Waals surface area contributed by atoms with E-state index in [9.17, 15) is 14.0 Å². The predicted molar refractivity (Wildman–Crippen MR) is 108 cm³/mol. The van der Waals surface area contributed by atoms with Gasteiger partial charge in [0, 0.05) is 16.6 Å². The molecule has 1 aromatic heterocycles. The fourth-order valence-electron chi connectivity index (χ4n) is 2.72. The number of ether oxygens (including phenoxy) is 3. The minimum atomic E-state index is -1.00. The lowest BCUT2D eigenvalue weighted by Gasteiger charge is -2.14. The van der Waals surface area contributed by atoms with Crippen molar-refractivity contribution in [2.24, 2.45) is 0 Å². The smallest absolute Gasteiger partial charge is 0.349 e. The highest BCUT2D eigenvalue weighted by Crippen LogP contribution is 2.29. The van der Waals surface area contributed by atoms with Crippen molar-refractivity contribution >= 4 is 33.3 Å². The molecule has 1 atom stereocenters. The molecule has 0 aliphatic heterocycles. The summed E-state index contributed by atoms with van der Waals surface area (Å²) in [5.74, 6) is -0.376. The quantitative estimate of drug-likeness (QED) is 0.590. The molecule has 0 radical (unpaired) electrons. The number of hydrogen-bond acceptors (Lipinski definition) is 6. The second kappa shape index (κ2) is 8.91. The lowest BCUT2D eigenvalue weighted by molar-refractivity contribution is -0.129. The number of halogens is 1. The van der Waals surface area contributed by atoms with Crippen LogP contribution in [0.5, 0.6) is 11.5 Å². The average molecular weight is 417 g/mol. The van der Waals surface area contributed by atoms with Crippen molar-refractivity contribution in [3.8, 4) is 11.5 Å². The van der Waals surface area contributed by atoms with Gasteiger partial charge in [-0.05, 0) is 42.8 Å². The van der Waals surface area contributed by atoms with Crippen LogP contribution in [-0.2, 0) is 16.1 Å². The molecule has 0 saturated carbocycles. The van der Waals surface area contributed by atoms with E-state index >= 15 is 0 Å². The maximum Gasteiger partial charge on any atom is 0.349 e. The molecule has 29 heavy (non-hydrogen) atoms. The van der Waals surface area contributed by atoms with E-state index in [4.69, 9.17) is 14.2 Å². The van der Waals surface area contributed by atoms with Crippen molar-refractivity contribution < 1.29 is 28.2 Å². The predicted octanol–water partition coefficient (Wildman–Crippen LogP) is 3.92. The van der Waals surface area contributed by atoms with E-state index in [-0.39, 0.29) is 11.4 Å². The summed E-state index contributed by atoms with van der Waals surface area (Å²) in [6.45, 7) is 1.71. The fraction of sp³-hybridized carbons (Fsp3) is 0.238. The van der Waals surface area contributed by atoms with Crippen LogP contribution >= 0.6 is 11.3 Å². The fourth-order valence-corrected chi connectivity index (χ4v) is 3.68. The summed E-state index contributed by atoms with van der Waals surface area (Å²) in [6.07, 6.45) is -1.00. The number of methoxy groups -OCH3 is 2. The number of esters is 1. The normalized spacial score (nSPS) is 11.7. The number of carbonyl (C=O) groups is 2. The Balaban J connectivity index is 1.59. The highest BCUT2D eigenvalue weighted by atomic mass is 32.1. The summed E-state index contributed by atoms with van der Waals surface area (Å²) in [6, 6.07) is 11.4. The molecule has 3 rings (SSSR count). The molecule has 0 saturated heterocycles. The third-order valence-corrected chi connectivity index (χ3v) is 5.36. The van der Waals surface area contributed by atoms with Gasteiger partial charge in [-0.2, -0.15) is 0 Å². The molecule has 0 fully saturated rings. The first-order chi connectivity index (χ1) is 13.9. The van der Waals surface area contributed by atoms with Gasteiger partial charge in [0.25, 0.3) is 5.91 Å². The molecule has 0 aliphatic carbocycles. The Hall–Kier alpha value is -3.13. The number of hydrogen-bond donors (Lipinski definition) is 1. The van der Waals surface area contributed by atoms with Crippen molar-refractivity contribution in [3.05, 3.63) is 58.7 Å². The summed E-state index contributed by atoms with van der Waals surface area (Å²) in [7, 11) is 3.07. The third-order valence-electron chi connectivity index (χ3n) is 4.28. The molecule has 6 nitrogen and oxygen atoms in total. The van der Waals surface area contributed by atoms with Crippen LogP contribution < -0.4 is 14.8 Å². The molecule has 8 heteroatoms. The Bertz CT molecular complexity index is 1050. The number of amides is 1. The Morgan fingerprint density at radius 3 is 2.55 bits per heavy atom. The molecule has 152 valence electrons. The molecule has 0 bridgehead atoms. The van der Waals surface area contributed by atoms with Crippen molar-refractivity contribution in [2.45, 2.75) is 19.6 Å². The maximum absolute atomic E-state index is 13.8. The van der Waals surface area contributed by atoms with Crippen LogP contribution in [0.2, 0.25) is 0 Å². The van der Waals surface area contributed by atoms with Gasteiger partial charge in [-0.25, -0.2) is 9.18 Å². The number of benzene rings is 2. The van der Waals surface area contributed by atoms with Gasteiger partial charge in [0.15, 0.2) is 17.6 Å². The maximum atomic E-state index is 13.8.